The van der Waals surface area contributed by atoms with Crippen LogP contribution >= 0.6 is 15.9 Å². The van der Waals surface area contributed by atoms with Gasteiger partial charge in [-0.3, -0.25) is 4.90 Å². The Balaban J connectivity index is 2.01. The molecule has 3 fully saturated rings. The highest BCUT2D eigenvalue weighted by Gasteiger charge is 2.59. The molecular formula is C9H14BrNO. The Morgan fingerprint density at radius 2 is 2.00 bits per heavy atom. The first-order valence-corrected chi connectivity index (χ1v) is 5.78. The van der Waals surface area contributed by atoms with Crippen LogP contribution in [0.4, 0.5) is 0 Å². The summed E-state index contributed by atoms with van der Waals surface area (Å²) < 4.78 is 0. The van der Waals surface area contributed by atoms with Gasteiger partial charge in [-0.1, -0.05) is 15.9 Å². The molecule has 0 bridgehead atoms. The van der Waals surface area contributed by atoms with Crippen LogP contribution in [0, 0.1) is 0 Å². The van der Waals surface area contributed by atoms with Gasteiger partial charge in [0.15, 0.2) is 0 Å². The SMILES string of the molecule is O[C@@]12CC[C@H]3CC[C@@H](C[C@@H]1Br)N32. The molecule has 68 valence electrons. The van der Waals surface area contributed by atoms with Crippen LogP contribution in [0.5, 0.6) is 0 Å². The highest BCUT2D eigenvalue weighted by atomic mass is 79.9. The summed E-state index contributed by atoms with van der Waals surface area (Å²) in [6.07, 6.45) is 5.94. The van der Waals surface area contributed by atoms with Crippen LogP contribution in [0.15, 0.2) is 0 Å². The van der Waals surface area contributed by atoms with E-state index in [0.29, 0.717) is 16.9 Å². The Bertz CT molecular complexity index is 223. The van der Waals surface area contributed by atoms with E-state index in [-0.39, 0.29) is 0 Å². The summed E-state index contributed by atoms with van der Waals surface area (Å²) in [5.41, 5.74) is -0.480. The molecule has 0 amide bonds. The molecular weight excluding hydrogens is 218 g/mol. The van der Waals surface area contributed by atoms with E-state index in [2.05, 4.69) is 20.8 Å². The molecule has 2 nitrogen and oxygen atoms in total. The molecule has 0 aromatic heterocycles. The van der Waals surface area contributed by atoms with Gasteiger partial charge in [-0.15, -0.1) is 0 Å². The molecule has 0 aliphatic carbocycles. The first-order valence-electron chi connectivity index (χ1n) is 4.87. The number of hydrogen-bond acceptors (Lipinski definition) is 2. The lowest BCUT2D eigenvalue weighted by Crippen LogP contribution is -2.46. The van der Waals surface area contributed by atoms with E-state index in [1.54, 1.807) is 0 Å². The Labute approximate surface area is 81.1 Å². The molecule has 0 aromatic carbocycles. The minimum atomic E-state index is -0.480. The average molecular weight is 232 g/mol. The van der Waals surface area contributed by atoms with Crippen LogP contribution in [0.2, 0.25) is 0 Å². The van der Waals surface area contributed by atoms with Crippen molar-refractivity contribution in [3.63, 3.8) is 0 Å². The topological polar surface area (TPSA) is 23.5 Å². The second-order valence-electron chi connectivity index (χ2n) is 4.41. The molecule has 4 atom stereocenters. The molecule has 3 saturated heterocycles. The van der Waals surface area contributed by atoms with Gasteiger partial charge >= 0.3 is 0 Å². The number of halogens is 1. The third kappa shape index (κ3) is 0.733. The van der Waals surface area contributed by atoms with Crippen LogP contribution in [0.3, 0.4) is 0 Å². The minimum absolute atomic E-state index is 0.320. The lowest BCUT2D eigenvalue weighted by atomic mass is 10.1. The zero-order valence-corrected chi connectivity index (χ0v) is 8.63. The average Bonchev–Trinajstić information content (AvgIpc) is 2.60. The molecule has 0 saturated carbocycles. The third-order valence-electron chi connectivity index (χ3n) is 3.89. The normalized spacial score (nSPS) is 58.0. The molecule has 1 N–H and O–H groups in total. The first kappa shape index (κ1) is 7.77. The summed E-state index contributed by atoms with van der Waals surface area (Å²) in [5, 5.41) is 10.4. The minimum Gasteiger partial charge on any atom is -0.374 e. The maximum Gasteiger partial charge on any atom is 0.131 e. The Morgan fingerprint density at radius 1 is 1.25 bits per heavy atom. The quantitative estimate of drug-likeness (QED) is 0.639. The van der Waals surface area contributed by atoms with E-state index in [1.807, 2.05) is 0 Å². The van der Waals surface area contributed by atoms with E-state index in [0.717, 1.165) is 12.8 Å². The third-order valence-corrected chi connectivity index (χ3v) is 5.00. The maximum atomic E-state index is 10.4. The van der Waals surface area contributed by atoms with Crippen LogP contribution in [0.1, 0.15) is 32.1 Å². The van der Waals surface area contributed by atoms with Gasteiger partial charge in [0.1, 0.15) is 5.72 Å². The van der Waals surface area contributed by atoms with Crippen molar-refractivity contribution in [3.05, 3.63) is 0 Å². The van der Waals surface area contributed by atoms with E-state index < -0.39 is 5.72 Å². The zero-order valence-electron chi connectivity index (χ0n) is 7.04. The van der Waals surface area contributed by atoms with Crippen molar-refractivity contribution in [3.8, 4) is 0 Å². The van der Waals surface area contributed by atoms with Crippen molar-refractivity contribution < 1.29 is 5.11 Å². The fourth-order valence-electron chi connectivity index (χ4n) is 3.36. The van der Waals surface area contributed by atoms with Crippen molar-refractivity contribution in [2.75, 3.05) is 0 Å². The summed E-state index contributed by atoms with van der Waals surface area (Å²) in [4.78, 5) is 2.70. The van der Waals surface area contributed by atoms with Gasteiger partial charge < -0.3 is 5.11 Å². The monoisotopic (exact) mass is 231 g/mol. The number of hydrogen-bond donors (Lipinski definition) is 1. The van der Waals surface area contributed by atoms with Crippen molar-refractivity contribution in [1.82, 2.24) is 4.90 Å². The Morgan fingerprint density at radius 3 is 2.83 bits per heavy atom. The van der Waals surface area contributed by atoms with Crippen molar-refractivity contribution in [2.45, 2.75) is 54.7 Å². The smallest absolute Gasteiger partial charge is 0.131 e. The molecule has 3 aliphatic heterocycles. The van der Waals surface area contributed by atoms with Gasteiger partial charge in [0, 0.05) is 12.1 Å². The lowest BCUT2D eigenvalue weighted by molar-refractivity contribution is -0.0619. The maximum absolute atomic E-state index is 10.4. The molecule has 12 heavy (non-hydrogen) atoms. The second kappa shape index (κ2) is 2.25. The van der Waals surface area contributed by atoms with Crippen molar-refractivity contribution in [1.29, 1.82) is 0 Å². The summed E-state index contributed by atoms with van der Waals surface area (Å²) in [6, 6.07) is 1.37. The molecule has 0 aromatic rings. The molecule has 3 heterocycles. The van der Waals surface area contributed by atoms with Gasteiger partial charge in [-0.05, 0) is 32.1 Å². The Hall–Kier alpha value is 0.400. The van der Waals surface area contributed by atoms with Gasteiger partial charge in [-0.2, -0.15) is 0 Å². The molecule has 0 radical (unpaired) electrons. The second-order valence-corrected chi connectivity index (χ2v) is 5.52. The molecule has 3 heteroatoms. The largest absolute Gasteiger partial charge is 0.374 e. The highest BCUT2D eigenvalue weighted by Crippen LogP contribution is 2.52. The van der Waals surface area contributed by atoms with Gasteiger partial charge in [0.2, 0.25) is 0 Å². The summed E-state index contributed by atoms with van der Waals surface area (Å²) in [6.45, 7) is 0. The van der Waals surface area contributed by atoms with Crippen LogP contribution in [-0.2, 0) is 0 Å². The molecule has 3 aliphatic rings. The van der Waals surface area contributed by atoms with Gasteiger partial charge in [0.05, 0.1) is 4.83 Å². The summed E-state index contributed by atoms with van der Waals surface area (Å²) in [7, 11) is 0. The van der Waals surface area contributed by atoms with Crippen LogP contribution in [0.25, 0.3) is 0 Å². The molecule has 0 spiro atoms. The number of rotatable bonds is 0. The predicted molar refractivity (Wildman–Crippen MR) is 50.2 cm³/mol. The summed E-state index contributed by atoms with van der Waals surface area (Å²) in [5.74, 6) is 0. The first-order chi connectivity index (χ1) is 5.72. The lowest BCUT2D eigenvalue weighted by Gasteiger charge is -2.30. The van der Waals surface area contributed by atoms with E-state index >= 15 is 0 Å². The van der Waals surface area contributed by atoms with Crippen molar-refractivity contribution >= 4 is 15.9 Å². The number of alkyl halides is 1. The molecule has 0 unspecified atom stereocenters. The Kier molecular flexibility index (Phi) is 1.46. The van der Waals surface area contributed by atoms with E-state index in [1.165, 1.54) is 19.3 Å². The molecule has 3 rings (SSSR count). The predicted octanol–water partition coefficient (Wildman–Crippen LogP) is 1.47. The number of nitrogens with zero attached hydrogens (tertiary/aromatic N) is 1. The van der Waals surface area contributed by atoms with Gasteiger partial charge in [0.25, 0.3) is 0 Å². The standard InChI is InChI=1S/C9H14BrNO/c10-8-5-7-2-1-6-3-4-9(8,12)11(6)7/h6-8,12H,1-5H2/t6-,7+,8+,9+/m1/s1. The van der Waals surface area contributed by atoms with E-state index in [9.17, 15) is 5.11 Å². The zero-order chi connectivity index (χ0) is 8.34. The fraction of sp³-hybridized carbons (Fsp3) is 1.00. The highest BCUT2D eigenvalue weighted by molar-refractivity contribution is 9.09. The van der Waals surface area contributed by atoms with Crippen LogP contribution < -0.4 is 0 Å². The van der Waals surface area contributed by atoms with Gasteiger partial charge in [-0.25, -0.2) is 0 Å². The number of aliphatic hydroxyl groups is 1. The van der Waals surface area contributed by atoms with E-state index in [4.69, 9.17) is 0 Å². The van der Waals surface area contributed by atoms with Crippen LogP contribution in [-0.4, -0.2) is 32.6 Å². The summed E-state index contributed by atoms with van der Waals surface area (Å²) >= 11 is 3.61. The van der Waals surface area contributed by atoms with Crippen molar-refractivity contribution in [2.24, 2.45) is 0 Å². The fourth-order valence-corrected chi connectivity index (χ4v) is 4.26.